The number of hydrogen-bond acceptors (Lipinski definition) is 3. The van der Waals surface area contributed by atoms with Crippen molar-refractivity contribution >= 4 is 15.9 Å². The summed E-state index contributed by atoms with van der Waals surface area (Å²) in [7, 11) is -3.49. The number of amides is 1. The molecule has 0 bridgehead atoms. The standard InChI is InChI=1S/C18H26N2O3S/c1-14-7-2-3-10-17(14)19-18(21)15-8-6-9-16(13-15)24(22,23)20-11-4-5-12-20/h6,8-9,13-14,17H,2-5,7,10-12H2,1H3,(H,19,21). The van der Waals surface area contributed by atoms with Gasteiger partial charge in [0.1, 0.15) is 0 Å². The number of carbonyl (C=O) groups is 1. The van der Waals surface area contributed by atoms with Gasteiger partial charge in [0.25, 0.3) is 5.91 Å². The predicted octanol–water partition coefficient (Wildman–Crippen LogP) is 2.78. The number of nitrogens with zero attached hydrogens (tertiary/aromatic N) is 1. The van der Waals surface area contributed by atoms with Crippen molar-refractivity contribution < 1.29 is 13.2 Å². The zero-order valence-electron chi connectivity index (χ0n) is 14.2. The summed E-state index contributed by atoms with van der Waals surface area (Å²) >= 11 is 0. The van der Waals surface area contributed by atoms with E-state index >= 15 is 0 Å². The van der Waals surface area contributed by atoms with E-state index in [0.29, 0.717) is 24.6 Å². The first-order chi connectivity index (χ1) is 11.5. The number of nitrogens with one attached hydrogen (secondary N) is 1. The summed E-state index contributed by atoms with van der Waals surface area (Å²) in [5.74, 6) is 0.298. The summed E-state index contributed by atoms with van der Waals surface area (Å²) in [5.41, 5.74) is 0.424. The number of benzene rings is 1. The molecule has 1 amide bonds. The van der Waals surface area contributed by atoms with Gasteiger partial charge in [0.2, 0.25) is 10.0 Å². The number of carbonyl (C=O) groups excluding carboxylic acids is 1. The molecule has 2 unspecified atom stereocenters. The molecule has 6 heteroatoms. The average Bonchev–Trinajstić information content (AvgIpc) is 3.12. The lowest BCUT2D eigenvalue weighted by atomic mass is 9.86. The zero-order chi connectivity index (χ0) is 17.2. The number of sulfonamides is 1. The van der Waals surface area contributed by atoms with E-state index in [-0.39, 0.29) is 16.8 Å². The normalized spacial score (nSPS) is 25.5. The molecular formula is C18H26N2O3S. The fourth-order valence-electron chi connectivity index (χ4n) is 3.66. The van der Waals surface area contributed by atoms with Crippen LogP contribution in [0.25, 0.3) is 0 Å². The Labute approximate surface area is 144 Å². The monoisotopic (exact) mass is 350 g/mol. The Kier molecular flexibility index (Phi) is 5.25. The van der Waals surface area contributed by atoms with Gasteiger partial charge in [0.15, 0.2) is 0 Å². The molecule has 1 saturated heterocycles. The molecule has 2 aliphatic rings. The van der Waals surface area contributed by atoms with E-state index in [1.165, 1.54) is 16.8 Å². The van der Waals surface area contributed by atoms with E-state index in [1.807, 2.05) is 0 Å². The van der Waals surface area contributed by atoms with E-state index < -0.39 is 10.0 Å². The van der Waals surface area contributed by atoms with Crippen LogP contribution < -0.4 is 5.32 Å². The summed E-state index contributed by atoms with van der Waals surface area (Å²) in [6.45, 7) is 3.30. The first-order valence-corrected chi connectivity index (χ1v) is 10.3. The van der Waals surface area contributed by atoms with Crippen molar-refractivity contribution in [2.75, 3.05) is 13.1 Å². The van der Waals surface area contributed by atoms with Gasteiger partial charge in [-0.2, -0.15) is 4.31 Å². The van der Waals surface area contributed by atoms with Crippen LogP contribution in [0.5, 0.6) is 0 Å². The van der Waals surface area contributed by atoms with Crippen molar-refractivity contribution in [2.24, 2.45) is 5.92 Å². The van der Waals surface area contributed by atoms with Crippen LogP contribution in [0.4, 0.5) is 0 Å². The lowest BCUT2D eigenvalue weighted by Crippen LogP contribution is -2.41. The summed E-state index contributed by atoms with van der Waals surface area (Å²) in [5, 5.41) is 3.09. The van der Waals surface area contributed by atoms with E-state index in [0.717, 1.165) is 32.1 Å². The first kappa shape index (κ1) is 17.4. The summed E-state index contributed by atoms with van der Waals surface area (Å²) in [4.78, 5) is 12.8. The second-order valence-corrected chi connectivity index (χ2v) is 8.92. The maximum atomic E-state index is 12.6. The van der Waals surface area contributed by atoms with Crippen molar-refractivity contribution in [3.05, 3.63) is 29.8 Å². The molecule has 5 nitrogen and oxygen atoms in total. The minimum atomic E-state index is -3.49. The molecule has 1 N–H and O–H groups in total. The Bertz CT molecular complexity index is 696. The van der Waals surface area contributed by atoms with Gasteiger partial charge in [-0.05, 0) is 49.8 Å². The van der Waals surface area contributed by atoms with Gasteiger partial charge in [-0.3, -0.25) is 4.79 Å². The highest BCUT2D eigenvalue weighted by Gasteiger charge is 2.28. The van der Waals surface area contributed by atoms with Crippen LogP contribution in [0.2, 0.25) is 0 Å². The minimum Gasteiger partial charge on any atom is -0.349 e. The van der Waals surface area contributed by atoms with Gasteiger partial charge in [-0.1, -0.05) is 25.8 Å². The Morgan fingerprint density at radius 2 is 1.83 bits per heavy atom. The Morgan fingerprint density at radius 3 is 2.54 bits per heavy atom. The largest absolute Gasteiger partial charge is 0.349 e. The molecule has 2 atom stereocenters. The van der Waals surface area contributed by atoms with E-state index in [2.05, 4.69) is 12.2 Å². The molecule has 1 aliphatic heterocycles. The van der Waals surface area contributed by atoms with Gasteiger partial charge < -0.3 is 5.32 Å². The van der Waals surface area contributed by atoms with Gasteiger partial charge in [-0.25, -0.2) is 8.42 Å². The zero-order valence-corrected chi connectivity index (χ0v) is 15.0. The Balaban J connectivity index is 1.76. The maximum Gasteiger partial charge on any atom is 0.251 e. The third-order valence-corrected chi connectivity index (χ3v) is 7.12. The molecule has 0 radical (unpaired) electrons. The predicted molar refractivity (Wildman–Crippen MR) is 93.3 cm³/mol. The van der Waals surface area contributed by atoms with Gasteiger partial charge in [0, 0.05) is 24.7 Å². The number of hydrogen-bond donors (Lipinski definition) is 1. The van der Waals surface area contributed by atoms with Gasteiger partial charge >= 0.3 is 0 Å². The van der Waals surface area contributed by atoms with Gasteiger partial charge in [0.05, 0.1) is 4.90 Å². The van der Waals surface area contributed by atoms with E-state index in [9.17, 15) is 13.2 Å². The molecule has 1 heterocycles. The van der Waals surface area contributed by atoms with Crippen LogP contribution in [-0.2, 0) is 10.0 Å². The third-order valence-electron chi connectivity index (χ3n) is 5.23. The fraction of sp³-hybridized carbons (Fsp3) is 0.611. The van der Waals surface area contributed by atoms with Crippen molar-refractivity contribution in [1.82, 2.24) is 9.62 Å². The summed E-state index contributed by atoms with van der Waals surface area (Å²) in [6.07, 6.45) is 6.29. The summed E-state index contributed by atoms with van der Waals surface area (Å²) < 4.78 is 26.8. The SMILES string of the molecule is CC1CCCCC1NC(=O)c1cccc(S(=O)(=O)N2CCCC2)c1. The van der Waals surface area contributed by atoms with E-state index in [1.54, 1.807) is 18.2 Å². The van der Waals surface area contributed by atoms with Crippen molar-refractivity contribution in [2.45, 2.75) is 56.4 Å². The van der Waals surface area contributed by atoms with Crippen LogP contribution in [0.1, 0.15) is 55.8 Å². The highest BCUT2D eigenvalue weighted by atomic mass is 32.2. The van der Waals surface area contributed by atoms with Crippen LogP contribution in [0, 0.1) is 5.92 Å². The lowest BCUT2D eigenvalue weighted by Gasteiger charge is -2.29. The highest BCUT2D eigenvalue weighted by Crippen LogP contribution is 2.25. The van der Waals surface area contributed by atoms with Crippen molar-refractivity contribution in [3.8, 4) is 0 Å². The molecule has 1 saturated carbocycles. The van der Waals surface area contributed by atoms with Crippen LogP contribution in [0.15, 0.2) is 29.2 Å². The molecule has 1 aromatic rings. The molecule has 0 spiro atoms. The molecule has 24 heavy (non-hydrogen) atoms. The third kappa shape index (κ3) is 3.64. The molecular weight excluding hydrogens is 324 g/mol. The first-order valence-electron chi connectivity index (χ1n) is 8.89. The Hall–Kier alpha value is -1.40. The Morgan fingerprint density at radius 1 is 1.12 bits per heavy atom. The molecule has 3 rings (SSSR count). The molecule has 1 aliphatic carbocycles. The second kappa shape index (κ2) is 7.23. The highest BCUT2D eigenvalue weighted by molar-refractivity contribution is 7.89. The molecule has 0 aromatic heterocycles. The van der Waals surface area contributed by atoms with Crippen LogP contribution >= 0.6 is 0 Å². The molecule has 2 fully saturated rings. The quantitative estimate of drug-likeness (QED) is 0.908. The lowest BCUT2D eigenvalue weighted by molar-refractivity contribution is 0.0910. The maximum absolute atomic E-state index is 12.6. The summed E-state index contributed by atoms with van der Waals surface area (Å²) in [6, 6.07) is 6.61. The fourth-order valence-corrected chi connectivity index (χ4v) is 5.22. The minimum absolute atomic E-state index is 0.174. The smallest absolute Gasteiger partial charge is 0.251 e. The van der Waals surface area contributed by atoms with Crippen molar-refractivity contribution in [1.29, 1.82) is 0 Å². The van der Waals surface area contributed by atoms with Crippen LogP contribution in [0.3, 0.4) is 0 Å². The van der Waals surface area contributed by atoms with Gasteiger partial charge in [-0.15, -0.1) is 0 Å². The second-order valence-electron chi connectivity index (χ2n) is 6.98. The molecule has 132 valence electrons. The molecule has 1 aromatic carbocycles. The average molecular weight is 350 g/mol. The van der Waals surface area contributed by atoms with Crippen LogP contribution in [-0.4, -0.2) is 37.8 Å². The van der Waals surface area contributed by atoms with Crippen molar-refractivity contribution in [3.63, 3.8) is 0 Å². The topological polar surface area (TPSA) is 66.5 Å². The van der Waals surface area contributed by atoms with E-state index in [4.69, 9.17) is 0 Å². The number of rotatable bonds is 4.